The highest BCUT2D eigenvalue weighted by molar-refractivity contribution is 5.95. The fourth-order valence-electron chi connectivity index (χ4n) is 3.00. The lowest BCUT2D eigenvalue weighted by atomic mass is 9.95. The number of benzene rings is 1. The van der Waals surface area contributed by atoms with E-state index in [0.717, 1.165) is 13.0 Å². The van der Waals surface area contributed by atoms with E-state index >= 15 is 0 Å². The second-order valence-corrected chi connectivity index (χ2v) is 5.77. The van der Waals surface area contributed by atoms with Crippen LogP contribution < -0.4 is 10.5 Å². The molecule has 2 N–H and O–H groups in total. The number of carbonyl (C=O) groups is 1. The summed E-state index contributed by atoms with van der Waals surface area (Å²) in [6, 6.07) is 3.19. The summed E-state index contributed by atoms with van der Waals surface area (Å²) in [6.07, 6.45) is 1.62. The lowest BCUT2D eigenvalue weighted by molar-refractivity contribution is 0.0883. The molecule has 0 saturated carbocycles. The number of hydrogen-bond acceptors (Lipinski definition) is 3. The van der Waals surface area contributed by atoms with Gasteiger partial charge in [-0.15, -0.1) is 0 Å². The Kier molecular flexibility index (Phi) is 4.83. The molecule has 2 rings (SSSR count). The first kappa shape index (κ1) is 15.8. The van der Waals surface area contributed by atoms with Gasteiger partial charge in [0.2, 0.25) is 5.91 Å². The first-order chi connectivity index (χ1) is 9.95. The smallest absolute Gasteiger partial charge is 0.249 e. The van der Waals surface area contributed by atoms with Gasteiger partial charge in [0.25, 0.3) is 0 Å². The quantitative estimate of drug-likeness (QED) is 0.907. The van der Waals surface area contributed by atoms with Crippen molar-refractivity contribution in [3.63, 3.8) is 0 Å². The Balaban J connectivity index is 2.34. The summed E-state index contributed by atoms with van der Waals surface area (Å²) < 4.78 is 19.5. The molecular formula is C16H23FN2O2. The summed E-state index contributed by atoms with van der Waals surface area (Å²) in [6.45, 7) is 7.77. The molecule has 1 aliphatic rings. The number of nitrogens with zero attached hydrogens (tertiary/aromatic N) is 1. The van der Waals surface area contributed by atoms with Gasteiger partial charge in [0.1, 0.15) is 6.61 Å². The van der Waals surface area contributed by atoms with Crippen LogP contribution in [0.4, 0.5) is 4.39 Å². The van der Waals surface area contributed by atoms with Crippen LogP contribution in [0.15, 0.2) is 12.1 Å². The molecule has 4 nitrogen and oxygen atoms in total. The minimum Gasteiger partial charge on any atom is -0.489 e. The molecule has 0 fully saturated rings. The minimum absolute atomic E-state index is 0.136. The van der Waals surface area contributed by atoms with E-state index in [1.165, 1.54) is 12.1 Å². The second-order valence-electron chi connectivity index (χ2n) is 5.77. The molecule has 1 aromatic rings. The number of amides is 1. The number of carbonyl (C=O) groups excluding carboxylic acids is 1. The highest BCUT2D eigenvalue weighted by atomic mass is 19.1. The zero-order valence-electron chi connectivity index (χ0n) is 12.9. The Bertz CT molecular complexity index is 531. The van der Waals surface area contributed by atoms with E-state index in [1.807, 2.05) is 0 Å². The predicted octanol–water partition coefficient (Wildman–Crippen LogP) is 2.35. The number of fused-ring (bicyclic) bond motifs is 1. The number of ether oxygens (including phenoxy) is 1. The standard InChI is InChI=1S/C16H23FN2O2/c1-4-7-19(10(2)3)11-8-13-12(16(18)20)5-6-14(17)15(13)21-9-11/h5-6,10-11H,4,7-9H2,1-3H3,(H2,18,20). The molecule has 1 aromatic carbocycles. The van der Waals surface area contributed by atoms with Crippen LogP contribution in [0.2, 0.25) is 0 Å². The molecule has 1 heterocycles. The Morgan fingerprint density at radius 3 is 2.81 bits per heavy atom. The van der Waals surface area contributed by atoms with Crippen molar-refractivity contribution < 1.29 is 13.9 Å². The van der Waals surface area contributed by atoms with Gasteiger partial charge in [-0.3, -0.25) is 9.69 Å². The summed E-state index contributed by atoms with van der Waals surface area (Å²) in [5.41, 5.74) is 6.35. The van der Waals surface area contributed by atoms with Crippen molar-refractivity contribution in [2.24, 2.45) is 5.73 Å². The van der Waals surface area contributed by atoms with Crippen LogP contribution in [0, 0.1) is 5.82 Å². The van der Waals surface area contributed by atoms with E-state index < -0.39 is 11.7 Å². The number of hydrogen-bond donors (Lipinski definition) is 1. The molecular weight excluding hydrogens is 271 g/mol. The van der Waals surface area contributed by atoms with Gasteiger partial charge in [-0.05, 0) is 45.4 Å². The Hall–Kier alpha value is -1.62. The molecule has 0 aliphatic carbocycles. The van der Waals surface area contributed by atoms with Gasteiger partial charge in [0.15, 0.2) is 11.6 Å². The van der Waals surface area contributed by atoms with Crippen LogP contribution in [-0.4, -0.2) is 36.0 Å². The van der Waals surface area contributed by atoms with Gasteiger partial charge >= 0.3 is 0 Å². The third kappa shape index (κ3) is 3.18. The summed E-state index contributed by atoms with van der Waals surface area (Å²) in [4.78, 5) is 13.9. The molecule has 116 valence electrons. The van der Waals surface area contributed by atoms with Gasteiger partial charge in [-0.2, -0.15) is 0 Å². The third-order valence-electron chi connectivity index (χ3n) is 3.95. The average molecular weight is 294 g/mol. The first-order valence-electron chi connectivity index (χ1n) is 7.45. The molecule has 0 saturated heterocycles. The van der Waals surface area contributed by atoms with Gasteiger partial charge in [0, 0.05) is 23.2 Å². The van der Waals surface area contributed by atoms with Crippen molar-refractivity contribution >= 4 is 5.91 Å². The Labute approximate surface area is 125 Å². The summed E-state index contributed by atoms with van der Waals surface area (Å²) in [5.74, 6) is -0.787. The van der Waals surface area contributed by atoms with Crippen molar-refractivity contribution in [3.05, 3.63) is 29.1 Å². The maximum Gasteiger partial charge on any atom is 0.249 e. The zero-order valence-corrected chi connectivity index (χ0v) is 12.9. The monoisotopic (exact) mass is 294 g/mol. The highest BCUT2D eigenvalue weighted by Gasteiger charge is 2.30. The zero-order chi connectivity index (χ0) is 15.6. The fourth-order valence-corrected chi connectivity index (χ4v) is 3.00. The number of nitrogens with two attached hydrogens (primary N) is 1. The third-order valence-corrected chi connectivity index (χ3v) is 3.95. The Morgan fingerprint density at radius 2 is 2.24 bits per heavy atom. The van der Waals surface area contributed by atoms with Gasteiger partial charge in [0.05, 0.1) is 0 Å². The van der Waals surface area contributed by atoms with Gasteiger partial charge in [-0.1, -0.05) is 6.92 Å². The molecule has 0 spiro atoms. The largest absolute Gasteiger partial charge is 0.489 e. The summed E-state index contributed by atoms with van der Waals surface area (Å²) in [5, 5.41) is 0. The van der Waals surface area contributed by atoms with Crippen LogP contribution in [-0.2, 0) is 6.42 Å². The molecule has 1 amide bonds. The van der Waals surface area contributed by atoms with Gasteiger partial charge in [-0.25, -0.2) is 4.39 Å². The van der Waals surface area contributed by atoms with Crippen LogP contribution in [0.5, 0.6) is 5.75 Å². The van der Waals surface area contributed by atoms with Crippen LogP contribution in [0.3, 0.4) is 0 Å². The molecule has 21 heavy (non-hydrogen) atoms. The van der Waals surface area contributed by atoms with Crippen molar-refractivity contribution in [2.45, 2.75) is 45.7 Å². The molecule has 1 atom stereocenters. The van der Waals surface area contributed by atoms with Crippen molar-refractivity contribution in [1.82, 2.24) is 4.90 Å². The minimum atomic E-state index is -0.540. The van der Waals surface area contributed by atoms with Crippen LogP contribution in [0.1, 0.15) is 43.1 Å². The fraction of sp³-hybridized carbons (Fsp3) is 0.562. The normalized spacial score (nSPS) is 17.7. The van der Waals surface area contributed by atoms with E-state index in [0.29, 0.717) is 30.2 Å². The second kappa shape index (κ2) is 6.43. The van der Waals surface area contributed by atoms with E-state index in [2.05, 4.69) is 25.7 Å². The lowest BCUT2D eigenvalue weighted by Gasteiger charge is -2.38. The molecule has 5 heteroatoms. The summed E-state index contributed by atoms with van der Waals surface area (Å²) >= 11 is 0. The number of halogens is 1. The van der Waals surface area contributed by atoms with E-state index in [1.54, 1.807) is 0 Å². The number of rotatable bonds is 5. The van der Waals surface area contributed by atoms with Crippen molar-refractivity contribution in [1.29, 1.82) is 0 Å². The van der Waals surface area contributed by atoms with Crippen LogP contribution >= 0.6 is 0 Å². The van der Waals surface area contributed by atoms with E-state index in [-0.39, 0.29) is 11.8 Å². The first-order valence-corrected chi connectivity index (χ1v) is 7.45. The maximum atomic E-state index is 13.9. The highest BCUT2D eigenvalue weighted by Crippen LogP contribution is 2.32. The van der Waals surface area contributed by atoms with Crippen LogP contribution in [0.25, 0.3) is 0 Å². The Morgan fingerprint density at radius 1 is 1.52 bits per heavy atom. The van der Waals surface area contributed by atoms with E-state index in [9.17, 15) is 9.18 Å². The summed E-state index contributed by atoms with van der Waals surface area (Å²) in [7, 11) is 0. The van der Waals surface area contributed by atoms with E-state index in [4.69, 9.17) is 10.5 Å². The van der Waals surface area contributed by atoms with Gasteiger partial charge < -0.3 is 10.5 Å². The molecule has 1 aliphatic heterocycles. The SMILES string of the molecule is CCCN(C(C)C)C1COc2c(F)ccc(C(N)=O)c2C1. The van der Waals surface area contributed by atoms with Crippen molar-refractivity contribution in [3.8, 4) is 5.75 Å². The lowest BCUT2D eigenvalue weighted by Crippen LogP contribution is -2.47. The topological polar surface area (TPSA) is 55.6 Å². The average Bonchev–Trinajstić information content (AvgIpc) is 2.44. The maximum absolute atomic E-state index is 13.9. The molecule has 0 radical (unpaired) electrons. The molecule has 1 unspecified atom stereocenters. The predicted molar refractivity (Wildman–Crippen MR) is 80.0 cm³/mol. The van der Waals surface area contributed by atoms with Crippen molar-refractivity contribution in [2.75, 3.05) is 13.2 Å². The number of primary amides is 1. The molecule has 0 aromatic heterocycles. The molecule has 0 bridgehead atoms.